The zero-order valence-corrected chi connectivity index (χ0v) is 9.34. The largest absolute Gasteiger partial charge is 0.368 e. The normalized spacial score (nSPS) is 22.9. The Bertz CT molecular complexity index is 456. The van der Waals surface area contributed by atoms with Gasteiger partial charge in [0.25, 0.3) is 0 Å². The van der Waals surface area contributed by atoms with Crippen molar-refractivity contribution in [2.45, 2.75) is 30.8 Å². The van der Waals surface area contributed by atoms with E-state index in [1.807, 2.05) is 13.0 Å². The first-order valence-electron chi connectivity index (χ1n) is 5.01. The second kappa shape index (κ2) is 3.83. The topological polar surface area (TPSA) is 58.2 Å². The smallest absolute Gasteiger partial charge is 0.244 e. The Morgan fingerprint density at radius 3 is 2.80 bits per heavy atom. The summed E-state index contributed by atoms with van der Waals surface area (Å²) in [6, 6.07) is 6.94. The zero-order chi connectivity index (χ0) is 10.9. The maximum absolute atomic E-state index is 11.8. The van der Waals surface area contributed by atoms with E-state index in [2.05, 4.69) is 10.0 Å². The van der Waals surface area contributed by atoms with Crippen molar-refractivity contribution < 1.29 is 8.42 Å². The van der Waals surface area contributed by atoms with Gasteiger partial charge in [0.15, 0.2) is 0 Å². The Labute approximate surface area is 89.7 Å². The minimum atomic E-state index is -3.33. The molecule has 1 heterocycles. The average molecular weight is 226 g/mol. The summed E-state index contributed by atoms with van der Waals surface area (Å²) in [6.07, 6.45) is 1.53. The van der Waals surface area contributed by atoms with Crippen molar-refractivity contribution in [1.29, 1.82) is 0 Å². The summed E-state index contributed by atoms with van der Waals surface area (Å²) in [5.74, 6) is 0. The second-order valence-corrected chi connectivity index (χ2v) is 5.29. The molecule has 1 atom stereocenters. The van der Waals surface area contributed by atoms with E-state index < -0.39 is 10.0 Å². The van der Waals surface area contributed by atoms with E-state index in [0.717, 1.165) is 12.8 Å². The summed E-state index contributed by atoms with van der Waals surface area (Å²) in [7, 11) is -3.33. The summed E-state index contributed by atoms with van der Waals surface area (Å²) in [5, 5.41) is 3.16. The van der Waals surface area contributed by atoms with E-state index in [1.165, 1.54) is 0 Å². The van der Waals surface area contributed by atoms with E-state index in [1.54, 1.807) is 18.2 Å². The Morgan fingerprint density at radius 2 is 2.07 bits per heavy atom. The van der Waals surface area contributed by atoms with Crippen LogP contribution in [-0.4, -0.2) is 14.6 Å². The fraction of sp³-hybridized carbons (Fsp3) is 0.400. The zero-order valence-electron chi connectivity index (χ0n) is 8.53. The van der Waals surface area contributed by atoms with Gasteiger partial charge in [-0.2, -0.15) is 4.72 Å². The molecule has 0 amide bonds. The van der Waals surface area contributed by atoms with Crippen molar-refractivity contribution in [2.24, 2.45) is 0 Å². The highest BCUT2D eigenvalue weighted by Gasteiger charge is 2.27. The number of nitrogens with one attached hydrogen (secondary N) is 2. The van der Waals surface area contributed by atoms with E-state index in [9.17, 15) is 8.42 Å². The minimum absolute atomic E-state index is 0.185. The van der Waals surface area contributed by atoms with Gasteiger partial charge in [-0.05, 0) is 18.6 Å². The lowest BCUT2D eigenvalue weighted by Crippen LogP contribution is -2.44. The predicted octanol–water partition coefficient (Wildman–Crippen LogP) is 1.52. The summed E-state index contributed by atoms with van der Waals surface area (Å²) in [5.41, 5.74) is 0.690. The molecule has 1 aliphatic heterocycles. The lowest BCUT2D eigenvalue weighted by Gasteiger charge is -2.27. The third kappa shape index (κ3) is 1.98. The minimum Gasteiger partial charge on any atom is -0.368 e. The van der Waals surface area contributed by atoms with Gasteiger partial charge in [0.05, 0.1) is 11.9 Å². The molecular formula is C10H14N2O2S. The number of anilines is 1. The van der Waals surface area contributed by atoms with E-state index in [4.69, 9.17) is 0 Å². The molecule has 0 saturated carbocycles. The van der Waals surface area contributed by atoms with Crippen molar-refractivity contribution in [3.8, 4) is 0 Å². The molecule has 15 heavy (non-hydrogen) atoms. The molecule has 0 spiro atoms. The maximum atomic E-state index is 11.8. The highest BCUT2D eigenvalue weighted by Crippen LogP contribution is 2.26. The fourth-order valence-corrected chi connectivity index (χ4v) is 3.06. The van der Waals surface area contributed by atoms with Gasteiger partial charge >= 0.3 is 0 Å². The van der Waals surface area contributed by atoms with Gasteiger partial charge in [0, 0.05) is 0 Å². The van der Waals surface area contributed by atoms with Gasteiger partial charge in [0.1, 0.15) is 4.90 Å². The Morgan fingerprint density at radius 1 is 1.33 bits per heavy atom. The van der Waals surface area contributed by atoms with Crippen LogP contribution in [0.15, 0.2) is 29.2 Å². The van der Waals surface area contributed by atoms with Crippen LogP contribution in [0.25, 0.3) is 0 Å². The summed E-state index contributed by atoms with van der Waals surface area (Å²) in [4.78, 5) is 0.331. The number of hydrogen-bond acceptors (Lipinski definition) is 3. The first-order chi connectivity index (χ1) is 7.13. The summed E-state index contributed by atoms with van der Waals surface area (Å²) < 4.78 is 26.2. The molecule has 0 aliphatic carbocycles. The van der Waals surface area contributed by atoms with Crippen LogP contribution in [0.5, 0.6) is 0 Å². The van der Waals surface area contributed by atoms with E-state index >= 15 is 0 Å². The fourth-order valence-electron chi connectivity index (χ4n) is 1.71. The van der Waals surface area contributed by atoms with Crippen LogP contribution in [0.4, 0.5) is 5.69 Å². The Hall–Kier alpha value is -1.07. The number of hydrogen-bond donors (Lipinski definition) is 2. The van der Waals surface area contributed by atoms with Crippen LogP contribution in [0.3, 0.4) is 0 Å². The second-order valence-electron chi connectivity index (χ2n) is 3.60. The average Bonchev–Trinajstić information content (AvgIpc) is 2.17. The van der Waals surface area contributed by atoms with E-state index in [-0.39, 0.29) is 6.17 Å². The van der Waals surface area contributed by atoms with Crippen molar-refractivity contribution >= 4 is 15.7 Å². The molecule has 0 radical (unpaired) electrons. The molecule has 5 heteroatoms. The molecule has 0 bridgehead atoms. The summed E-state index contributed by atoms with van der Waals surface area (Å²) in [6.45, 7) is 2.02. The Kier molecular flexibility index (Phi) is 2.67. The molecule has 2 rings (SSSR count). The molecule has 82 valence electrons. The lowest BCUT2D eigenvalue weighted by atomic mass is 10.2. The van der Waals surface area contributed by atoms with Gasteiger partial charge in [0.2, 0.25) is 10.0 Å². The monoisotopic (exact) mass is 226 g/mol. The molecule has 4 nitrogen and oxygen atoms in total. The van der Waals surface area contributed by atoms with Crippen LogP contribution in [0.2, 0.25) is 0 Å². The molecular weight excluding hydrogens is 212 g/mol. The lowest BCUT2D eigenvalue weighted by molar-refractivity contribution is 0.540. The number of sulfonamides is 1. The predicted molar refractivity (Wildman–Crippen MR) is 59.1 cm³/mol. The molecule has 0 fully saturated rings. The molecule has 0 saturated heterocycles. The number of para-hydroxylation sites is 1. The number of rotatable bonds is 2. The Balaban J connectivity index is 2.40. The molecule has 1 aromatic carbocycles. The van der Waals surface area contributed by atoms with Crippen molar-refractivity contribution in [2.75, 3.05) is 5.32 Å². The van der Waals surface area contributed by atoms with Gasteiger partial charge in [-0.1, -0.05) is 25.5 Å². The third-order valence-electron chi connectivity index (χ3n) is 2.38. The van der Waals surface area contributed by atoms with E-state index in [0.29, 0.717) is 10.6 Å². The van der Waals surface area contributed by atoms with Gasteiger partial charge in [-0.3, -0.25) is 0 Å². The SMILES string of the molecule is CCC[C@H]1Nc2ccccc2S(=O)(=O)N1. The molecule has 0 unspecified atom stereocenters. The van der Waals surface area contributed by atoms with Crippen LogP contribution >= 0.6 is 0 Å². The van der Waals surface area contributed by atoms with Gasteiger partial charge in [-0.15, -0.1) is 0 Å². The quantitative estimate of drug-likeness (QED) is 0.803. The van der Waals surface area contributed by atoms with Gasteiger partial charge < -0.3 is 5.32 Å². The highest BCUT2D eigenvalue weighted by atomic mass is 32.2. The van der Waals surface area contributed by atoms with Gasteiger partial charge in [-0.25, -0.2) is 8.42 Å². The standard InChI is InChI=1S/C10H14N2O2S/c1-2-5-10-11-8-6-3-4-7-9(8)15(13,14)12-10/h3-4,6-7,10-12H,2,5H2,1H3/t10-/m0/s1. The molecule has 0 aromatic heterocycles. The van der Waals surface area contributed by atoms with Crippen LogP contribution in [0, 0.1) is 0 Å². The van der Waals surface area contributed by atoms with Crippen molar-refractivity contribution in [3.63, 3.8) is 0 Å². The number of fused-ring (bicyclic) bond motifs is 1. The molecule has 2 N–H and O–H groups in total. The maximum Gasteiger partial charge on any atom is 0.244 e. The first-order valence-corrected chi connectivity index (χ1v) is 6.49. The van der Waals surface area contributed by atoms with Crippen molar-refractivity contribution in [3.05, 3.63) is 24.3 Å². The van der Waals surface area contributed by atoms with Crippen molar-refractivity contribution in [1.82, 2.24) is 4.72 Å². The van der Waals surface area contributed by atoms with Crippen LogP contribution in [0.1, 0.15) is 19.8 Å². The molecule has 1 aliphatic rings. The van der Waals surface area contributed by atoms with Crippen LogP contribution in [-0.2, 0) is 10.0 Å². The van der Waals surface area contributed by atoms with Crippen LogP contribution < -0.4 is 10.0 Å². The highest BCUT2D eigenvalue weighted by molar-refractivity contribution is 7.89. The third-order valence-corrected chi connectivity index (χ3v) is 3.91. The molecule has 1 aromatic rings. The number of benzene rings is 1. The first kappa shape index (κ1) is 10.4. The summed E-state index contributed by atoms with van der Waals surface area (Å²) >= 11 is 0.